The van der Waals surface area contributed by atoms with E-state index in [-0.39, 0.29) is 27.5 Å². The molecule has 146 valence electrons. The van der Waals surface area contributed by atoms with Gasteiger partial charge in [0.15, 0.2) is 5.13 Å². The first-order valence-corrected chi connectivity index (χ1v) is 9.43. The second-order valence-corrected chi connectivity index (χ2v) is 7.21. The number of rotatable bonds is 4. The van der Waals surface area contributed by atoms with Crippen LogP contribution in [-0.2, 0) is 4.79 Å². The van der Waals surface area contributed by atoms with Gasteiger partial charge in [-0.05, 0) is 37.3 Å². The van der Waals surface area contributed by atoms with E-state index in [9.17, 15) is 23.2 Å². The van der Waals surface area contributed by atoms with Gasteiger partial charge in [-0.1, -0.05) is 12.1 Å². The van der Waals surface area contributed by atoms with Gasteiger partial charge in [-0.3, -0.25) is 19.3 Å². The van der Waals surface area contributed by atoms with Crippen LogP contribution in [0.4, 0.5) is 13.9 Å². The first kappa shape index (κ1) is 18.9. The lowest BCUT2D eigenvalue weighted by atomic mass is 10.1. The van der Waals surface area contributed by atoms with Crippen molar-refractivity contribution < 1.29 is 23.2 Å². The van der Waals surface area contributed by atoms with Crippen LogP contribution in [0.15, 0.2) is 47.8 Å². The molecule has 0 aliphatic carbocycles. The molecule has 0 saturated carbocycles. The van der Waals surface area contributed by atoms with Crippen LogP contribution < -0.4 is 5.32 Å². The molecular weight excluding hydrogens is 400 g/mol. The Kier molecular flexibility index (Phi) is 4.67. The van der Waals surface area contributed by atoms with Crippen LogP contribution >= 0.6 is 11.3 Å². The van der Waals surface area contributed by atoms with Crippen molar-refractivity contribution in [2.45, 2.75) is 13.0 Å². The Morgan fingerprint density at radius 1 is 1.07 bits per heavy atom. The Morgan fingerprint density at radius 3 is 2.38 bits per heavy atom. The number of thiazole rings is 1. The largest absolute Gasteiger partial charge is 0.300 e. The van der Waals surface area contributed by atoms with Crippen molar-refractivity contribution in [2.75, 3.05) is 5.32 Å². The van der Waals surface area contributed by atoms with Gasteiger partial charge in [0.05, 0.1) is 16.8 Å². The van der Waals surface area contributed by atoms with Crippen LogP contribution in [0.5, 0.6) is 0 Å². The molecule has 0 radical (unpaired) electrons. The first-order valence-electron chi connectivity index (χ1n) is 8.55. The van der Waals surface area contributed by atoms with E-state index >= 15 is 0 Å². The quantitative estimate of drug-likeness (QED) is 0.662. The summed E-state index contributed by atoms with van der Waals surface area (Å²) in [6.45, 7) is 1.43. The van der Waals surface area contributed by atoms with Gasteiger partial charge in [0, 0.05) is 10.9 Å². The fourth-order valence-corrected chi connectivity index (χ4v) is 3.75. The fraction of sp³-hybridized carbons (Fsp3) is 0.100. The number of carbonyl (C=O) groups is 3. The highest BCUT2D eigenvalue weighted by Gasteiger charge is 2.40. The lowest BCUT2D eigenvalue weighted by Gasteiger charge is -2.21. The molecule has 1 aliphatic heterocycles. The third kappa shape index (κ3) is 3.29. The van der Waals surface area contributed by atoms with E-state index in [2.05, 4.69) is 10.3 Å². The Hall–Kier alpha value is -3.46. The average Bonchev–Trinajstić information content (AvgIpc) is 3.26. The molecule has 4 rings (SSSR count). The summed E-state index contributed by atoms with van der Waals surface area (Å²) < 4.78 is 27.3. The van der Waals surface area contributed by atoms with E-state index in [1.807, 2.05) is 0 Å². The number of benzene rings is 2. The van der Waals surface area contributed by atoms with Gasteiger partial charge in [-0.15, -0.1) is 11.3 Å². The zero-order valence-electron chi connectivity index (χ0n) is 15.0. The predicted molar refractivity (Wildman–Crippen MR) is 102 cm³/mol. The lowest BCUT2D eigenvalue weighted by molar-refractivity contribution is -0.119. The molecule has 9 heteroatoms. The Balaban J connectivity index is 1.52. The second kappa shape index (κ2) is 7.17. The number of nitrogens with one attached hydrogen (secondary N) is 1. The van der Waals surface area contributed by atoms with Crippen molar-refractivity contribution in [3.8, 4) is 11.3 Å². The van der Waals surface area contributed by atoms with Gasteiger partial charge in [0.2, 0.25) is 5.91 Å². The number of carbonyl (C=O) groups excluding carboxylic acids is 3. The molecule has 0 saturated heterocycles. The van der Waals surface area contributed by atoms with E-state index in [0.717, 1.165) is 34.4 Å². The van der Waals surface area contributed by atoms with E-state index in [4.69, 9.17) is 0 Å². The lowest BCUT2D eigenvalue weighted by Crippen LogP contribution is -2.45. The molecule has 1 aromatic heterocycles. The summed E-state index contributed by atoms with van der Waals surface area (Å²) in [6, 6.07) is 8.26. The SMILES string of the molecule is CC(C(=O)Nc1nc(-c2cc(F)ccc2F)cs1)N1C(=O)c2ccccc2C1=O. The third-order valence-electron chi connectivity index (χ3n) is 4.53. The highest BCUT2D eigenvalue weighted by molar-refractivity contribution is 7.14. The van der Waals surface area contributed by atoms with E-state index < -0.39 is 35.4 Å². The summed E-state index contributed by atoms with van der Waals surface area (Å²) in [5.41, 5.74) is 0.622. The number of aromatic nitrogens is 1. The fourth-order valence-electron chi connectivity index (χ4n) is 3.04. The minimum atomic E-state index is -1.08. The predicted octanol–water partition coefficient (Wildman–Crippen LogP) is 3.71. The van der Waals surface area contributed by atoms with Crippen LogP contribution in [0.2, 0.25) is 0 Å². The molecule has 1 N–H and O–H groups in total. The Labute approximate surface area is 167 Å². The first-order chi connectivity index (χ1) is 13.9. The number of amides is 3. The minimum Gasteiger partial charge on any atom is -0.300 e. The van der Waals surface area contributed by atoms with E-state index in [1.165, 1.54) is 24.4 Å². The van der Waals surface area contributed by atoms with Crippen molar-refractivity contribution in [2.24, 2.45) is 0 Å². The molecule has 2 heterocycles. The van der Waals surface area contributed by atoms with Crippen LogP contribution in [0.1, 0.15) is 27.6 Å². The van der Waals surface area contributed by atoms with Gasteiger partial charge in [-0.25, -0.2) is 13.8 Å². The highest BCUT2D eigenvalue weighted by atomic mass is 32.1. The average molecular weight is 413 g/mol. The summed E-state index contributed by atoms with van der Waals surface area (Å²) in [4.78, 5) is 42.6. The maximum atomic E-state index is 13.9. The van der Waals surface area contributed by atoms with Crippen molar-refractivity contribution in [3.63, 3.8) is 0 Å². The normalized spacial score (nSPS) is 14.1. The monoisotopic (exact) mass is 413 g/mol. The molecule has 3 aromatic rings. The maximum absolute atomic E-state index is 13.9. The van der Waals surface area contributed by atoms with Crippen LogP contribution in [-0.4, -0.2) is 33.6 Å². The summed E-state index contributed by atoms with van der Waals surface area (Å²) in [5.74, 6) is -2.97. The molecule has 0 fully saturated rings. The number of fused-ring (bicyclic) bond motifs is 1. The summed E-state index contributed by atoms with van der Waals surface area (Å²) >= 11 is 1.02. The van der Waals surface area contributed by atoms with Gasteiger partial charge < -0.3 is 5.32 Å². The number of hydrogen-bond acceptors (Lipinski definition) is 5. The molecule has 1 atom stereocenters. The standard InChI is InChI=1S/C20H13F2N3O3S/c1-10(25-18(27)12-4-2-3-5-13(12)19(25)28)17(26)24-20-23-16(9-29-20)14-8-11(21)6-7-15(14)22/h2-10H,1H3,(H,23,24,26). The zero-order valence-corrected chi connectivity index (χ0v) is 15.8. The number of nitrogens with zero attached hydrogens (tertiary/aromatic N) is 2. The topological polar surface area (TPSA) is 79.4 Å². The number of imide groups is 1. The second-order valence-electron chi connectivity index (χ2n) is 6.35. The summed E-state index contributed by atoms with van der Waals surface area (Å²) in [7, 11) is 0. The molecule has 0 bridgehead atoms. The van der Waals surface area contributed by atoms with Gasteiger partial charge >= 0.3 is 0 Å². The number of anilines is 1. The smallest absolute Gasteiger partial charge is 0.262 e. The molecule has 2 aromatic carbocycles. The van der Waals surface area contributed by atoms with Crippen molar-refractivity contribution in [1.29, 1.82) is 0 Å². The van der Waals surface area contributed by atoms with Crippen LogP contribution in [0.3, 0.4) is 0 Å². The molecule has 0 spiro atoms. The summed E-state index contributed by atoms with van der Waals surface area (Å²) in [5, 5.41) is 4.13. The molecular formula is C20H13F2N3O3S. The Bertz CT molecular complexity index is 1130. The number of halogens is 2. The zero-order chi connectivity index (χ0) is 20.7. The van der Waals surface area contributed by atoms with Crippen LogP contribution in [0, 0.1) is 11.6 Å². The van der Waals surface area contributed by atoms with Crippen molar-refractivity contribution in [3.05, 3.63) is 70.6 Å². The van der Waals surface area contributed by atoms with Crippen LogP contribution in [0.25, 0.3) is 11.3 Å². The molecule has 29 heavy (non-hydrogen) atoms. The van der Waals surface area contributed by atoms with E-state index in [1.54, 1.807) is 12.1 Å². The molecule has 3 amide bonds. The summed E-state index contributed by atoms with van der Waals surface area (Å²) in [6.07, 6.45) is 0. The third-order valence-corrected chi connectivity index (χ3v) is 5.29. The number of hydrogen-bond donors (Lipinski definition) is 1. The maximum Gasteiger partial charge on any atom is 0.262 e. The molecule has 1 unspecified atom stereocenters. The van der Waals surface area contributed by atoms with Crippen molar-refractivity contribution >= 4 is 34.2 Å². The molecule has 1 aliphatic rings. The van der Waals surface area contributed by atoms with Crippen molar-refractivity contribution in [1.82, 2.24) is 9.88 Å². The van der Waals surface area contributed by atoms with Gasteiger partial charge in [0.1, 0.15) is 17.7 Å². The van der Waals surface area contributed by atoms with Gasteiger partial charge in [0.25, 0.3) is 11.8 Å². The highest BCUT2D eigenvalue weighted by Crippen LogP contribution is 2.29. The molecule has 6 nitrogen and oxygen atoms in total. The van der Waals surface area contributed by atoms with Gasteiger partial charge in [-0.2, -0.15) is 0 Å². The Morgan fingerprint density at radius 2 is 1.72 bits per heavy atom. The minimum absolute atomic E-state index is 0.0323. The van der Waals surface area contributed by atoms with E-state index in [0.29, 0.717) is 0 Å².